The lowest BCUT2D eigenvalue weighted by molar-refractivity contribution is -0.109. The number of carbonyl (C=O) groups is 1. The number of hydrogen-bond acceptors (Lipinski definition) is 6. The van der Waals surface area contributed by atoms with E-state index in [2.05, 4.69) is 10.5 Å². The fourth-order valence-electron chi connectivity index (χ4n) is 2.75. The van der Waals surface area contributed by atoms with Crippen molar-refractivity contribution in [3.05, 3.63) is 66.0 Å². The minimum Gasteiger partial charge on any atom is -0.378 e. The van der Waals surface area contributed by atoms with Crippen molar-refractivity contribution in [2.24, 2.45) is 10.2 Å². The van der Waals surface area contributed by atoms with Crippen LogP contribution in [-0.4, -0.2) is 51.2 Å². The maximum atomic E-state index is 13.3. The second kappa shape index (κ2) is 9.61. The molecule has 2 aromatic carbocycles. The van der Waals surface area contributed by atoms with Gasteiger partial charge in [0, 0.05) is 13.1 Å². The van der Waals surface area contributed by atoms with Crippen LogP contribution in [0.1, 0.15) is 5.56 Å². The summed E-state index contributed by atoms with van der Waals surface area (Å²) in [5, 5.41) is 9.31. The lowest BCUT2D eigenvalue weighted by Gasteiger charge is -2.28. The van der Waals surface area contributed by atoms with Gasteiger partial charge < -0.3 is 9.64 Å². The lowest BCUT2D eigenvalue weighted by atomic mass is 10.2. The van der Waals surface area contributed by atoms with Crippen LogP contribution in [0.25, 0.3) is 6.08 Å². The molecule has 8 nitrogen and oxygen atoms in total. The molecule has 0 aliphatic carbocycles. The molecule has 158 valence electrons. The van der Waals surface area contributed by atoms with Gasteiger partial charge in [-0.25, -0.2) is 17.9 Å². The van der Waals surface area contributed by atoms with Crippen LogP contribution in [0.2, 0.25) is 0 Å². The zero-order valence-corrected chi connectivity index (χ0v) is 16.8. The highest BCUT2D eigenvalue weighted by Crippen LogP contribution is 2.13. The van der Waals surface area contributed by atoms with Gasteiger partial charge in [0.25, 0.3) is 0 Å². The Labute approximate surface area is 173 Å². The van der Waals surface area contributed by atoms with Crippen LogP contribution >= 0.6 is 0 Å². The molecule has 0 saturated carbocycles. The summed E-state index contributed by atoms with van der Waals surface area (Å²) in [6.07, 6.45) is 2.84. The predicted molar refractivity (Wildman–Crippen MR) is 112 cm³/mol. The third kappa shape index (κ3) is 5.96. The zero-order chi connectivity index (χ0) is 21.6. The third-order valence-electron chi connectivity index (χ3n) is 4.28. The van der Waals surface area contributed by atoms with E-state index in [9.17, 15) is 17.6 Å². The number of carbonyl (C=O) groups excluding carboxylic acids is 1. The summed E-state index contributed by atoms with van der Waals surface area (Å²) in [6.45, 7) is 1.90. The molecule has 0 unspecified atom stereocenters. The van der Waals surface area contributed by atoms with Gasteiger partial charge in [0.05, 0.1) is 23.8 Å². The van der Waals surface area contributed by atoms with E-state index in [1.165, 1.54) is 48.6 Å². The second-order valence-corrected chi connectivity index (χ2v) is 8.03. The summed E-state index contributed by atoms with van der Waals surface area (Å²) in [6, 6.07) is 11.6. The smallest absolute Gasteiger partial charge is 0.238 e. The molecule has 1 fully saturated rings. The second-order valence-electron chi connectivity index (χ2n) is 6.47. The number of hydrogen-bond donors (Lipinski definition) is 2. The van der Waals surface area contributed by atoms with Gasteiger partial charge in [0.15, 0.2) is 5.84 Å². The molecular formula is C20H21FN4O4S. The van der Waals surface area contributed by atoms with Crippen molar-refractivity contribution < 1.29 is 22.3 Å². The van der Waals surface area contributed by atoms with Crippen molar-refractivity contribution in [2.75, 3.05) is 31.7 Å². The highest BCUT2D eigenvalue weighted by atomic mass is 32.2. The molecule has 1 saturated heterocycles. The number of sulfonamides is 1. The Bertz CT molecular complexity index is 1060. The van der Waals surface area contributed by atoms with E-state index < -0.39 is 15.8 Å². The van der Waals surface area contributed by atoms with Crippen LogP contribution in [0.3, 0.4) is 0 Å². The predicted octanol–water partition coefficient (Wildman–Crippen LogP) is 1.81. The van der Waals surface area contributed by atoms with Gasteiger partial charge in [-0.05, 0) is 48.0 Å². The molecule has 10 heteroatoms. The summed E-state index contributed by atoms with van der Waals surface area (Å²) in [5.41, 5.74) is 3.80. The van der Waals surface area contributed by atoms with E-state index in [1.807, 2.05) is 0 Å². The van der Waals surface area contributed by atoms with Gasteiger partial charge in [-0.15, -0.1) is 0 Å². The number of ketones is 1. The quantitative estimate of drug-likeness (QED) is 0.311. The Balaban J connectivity index is 1.80. The van der Waals surface area contributed by atoms with Gasteiger partial charge in [-0.1, -0.05) is 18.2 Å². The molecule has 0 amide bonds. The normalized spacial score (nSPS) is 15.4. The fourth-order valence-corrected chi connectivity index (χ4v) is 3.27. The average Bonchev–Trinajstić information content (AvgIpc) is 2.73. The first-order valence-electron chi connectivity index (χ1n) is 9.10. The minimum atomic E-state index is -3.79. The summed E-state index contributed by atoms with van der Waals surface area (Å²) in [4.78, 5) is 14.5. The Hall–Kier alpha value is -3.08. The van der Waals surface area contributed by atoms with E-state index in [0.717, 1.165) is 0 Å². The molecular weight excluding hydrogens is 411 g/mol. The van der Waals surface area contributed by atoms with E-state index in [1.54, 1.807) is 17.0 Å². The molecule has 1 aliphatic rings. The molecule has 0 bridgehead atoms. The van der Waals surface area contributed by atoms with Crippen LogP contribution < -0.4 is 10.6 Å². The number of nitrogens with two attached hydrogens (primary N) is 1. The topological polar surface area (TPSA) is 114 Å². The number of nitrogens with zero attached hydrogens (tertiary/aromatic N) is 2. The maximum Gasteiger partial charge on any atom is 0.238 e. The van der Waals surface area contributed by atoms with E-state index in [-0.39, 0.29) is 16.5 Å². The highest BCUT2D eigenvalue weighted by Gasteiger charge is 2.20. The molecule has 1 heterocycles. The van der Waals surface area contributed by atoms with Gasteiger partial charge >= 0.3 is 0 Å². The third-order valence-corrected chi connectivity index (χ3v) is 5.21. The van der Waals surface area contributed by atoms with Crippen LogP contribution in [0.4, 0.5) is 10.1 Å². The summed E-state index contributed by atoms with van der Waals surface area (Å²) < 4.78 is 41.4. The molecule has 0 aromatic heterocycles. The van der Waals surface area contributed by atoms with Gasteiger partial charge in [-0.2, -0.15) is 5.10 Å². The molecule has 3 N–H and O–H groups in total. The van der Waals surface area contributed by atoms with Gasteiger partial charge in [0.2, 0.25) is 15.8 Å². The molecule has 1 aliphatic heterocycles. The summed E-state index contributed by atoms with van der Waals surface area (Å²) >= 11 is 0. The van der Waals surface area contributed by atoms with Crippen LogP contribution in [0.5, 0.6) is 0 Å². The Morgan fingerprint density at radius 2 is 1.87 bits per heavy atom. The highest BCUT2D eigenvalue weighted by molar-refractivity contribution is 7.89. The molecule has 0 spiro atoms. The van der Waals surface area contributed by atoms with Crippen LogP contribution in [0, 0.1) is 5.82 Å². The van der Waals surface area contributed by atoms with Gasteiger partial charge in [-0.3, -0.25) is 10.2 Å². The molecule has 30 heavy (non-hydrogen) atoms. The number of morpholine rings is 1. The number of primary sulfonamides is 1. The molecule has 0 radical (unpaired) electrons. The van der Waals surface area contributed by atoms with Crippen molar-refractivity contribution >= 4 is 33.4 Å². The lowest BCUT2D eigenvalue weighted by Crippen LogP contribution is -2.44. The van der Waals surface area contributed by atoms with Crippen molar-refractivity contribution in [2.45, 2.75) is 4.90 Å². The molecule has 3 rings (SSSR count). The number of halogens is 1. The number of benzene rings is 2. The van der Waals surface area contributed by atoms with E-state index >= 15 is 0 Å². The number of ether oxygens (including phenoxy) is 1. The Morgan fingerprint density at radius 1 is 1.17 bits per heavy atom. The van der Waals surface area contributed by atoms with E-state index in [0.29, 0.717) is 37.6 Å². The number of hydrazone groups is 1. The first-order valence-corrected chi connectivity index (χ1v) is 10.6. The Morgan fingerprint density at radius 3 is 2.50 bits per heavy atom. The van der Waals surface area contributed by atoms with Crippen LogP contribution in [0.15, 0.2) is 64.6 Å². The summed E-state index contributed by atoms with van der Waals surface area (Å²) in [5.74, 6) is -0.590. The zero-order valence-electron chi connectivity index (χ0n) is 16.0. The van der Waals surface area contributed by atoms with Crippen LogP contribution in [-0.2, 0) is 19.6 Å². The SMILES string of the molecule is NS(=O)(=O)c1ccc(N/N=C(/C(=O)/C=C/c2cccc(F)c2)N2CCOCC2)cc1. The van der Waals surface area contributed by atoms with Crippen molar-refractivity contribution in [3.63, 3.8) is 0 Å². The molecule has 2 aromatic rings. The Kier molecular flexibility index (Phi) is 6.93. The monoisotopic (exact) mass is 432 g/mol. The first-order chi connectivity index (χ1) is 14.3. The van der Waals surface area contributed by atoms with Gasteiger partial charge in [0.1, 0.15) is 5.82 Å². The van der Waals surface area contributed by atoms with Crippen molar-refractivity contribution in [1.29, 1.82) is 0 Å². The minimum absolute atomic E-state index is 0.0282. The maximum absolute atomic E-state index is 13.3. The summed E-state index contributed by atoms with van der Waals surface area (Å²) in [7, 11) is -3.79. The average molecular weight is 432 g/mol. The fraction of sp³-hybridized carbons (Fsp3) is 0.200. The van der Waals surface area contributed by atoms with Crippen molar-refractivity contribution in [3.8, 4) is 0 Å². The first kappa shape index (κ1) is 21.6. The standard InChI is InChI=1S/C20H21FN4O4S/c21-16-3-1-2-15(14-16)4-9-19(26)20(25-10-12-29-13-11-25)24-23-17-5-7-18(8-6-17)30(22,27)28/h1-9,14,23H,10-13H2,(H2,22,27,28)/b9-4+,24-20-. The largest absolute Gasteiger partial charge is 0.378 e. The number of amidine groups is 1. The van der Waals surface area contributed by atoms with E-state index in [4.69, 9.17) is 9.88 Å². The number of anilines is 1. The number of nitrogens with one attached hydrogen (secondary N) is 1. The van der Waals surface area contributed by atoms with Crippen molar-refractivity contribution in [1.82, 2.24) is 4.90 Å². The molecule has 0 atom stereocenters. The number of rotatable bonds is 6.